The van der Waals surface area contributed by atoms with Crippen LogP contribution in [0.15, 0.2) is 52.3 Å². The number of sulfone groups is 2. The predicted molar refractivity (Wildman–Crippen MR) is 116 cm³/mol. The van der Waals surface area contributed by atoms with Gasteiger partial charge in [-0.1, -0.05) is 12.1 Å². The summed E-state index contributed by atoms with van der Waals surface area (Å²) in [4.78, 5) is 4.36. The SMILES string of the molecule is CS(=O)(=O)c1ccc(N2CCCN(Cc3ccc(C#N)cc3)CC2)c(S(C)(=O)=O)c1. The molecule has 0 atom stereocenters. The van der Waals surface area contributed by atoms with Crippen molar-refractivity contribution in [1.82, 2.24) is 4.90 Å². The molecule has 30 heavy (non-hydrogen) atoms. The van der Waals surface area contributed by atoms with E-state index in [1.54, 1.807) is 18.2 Å². The van der Waals surface area contributed by atoms with E-state index >= 15 is 0 Å². The number of nitriles is 1. The lowest BCUT2D eigenvalue weighted by atomic mass is 10.1. The maximum absolute atomic E-state index is 12.4. The normalized spacial score (nSPS) is 16.1. The van der Waals surface area contributed by atoms with E-state index in [0.717, 1.165) is 44.1 Å². The Morgan fingerprint density at radius 3 is 2.20 bits per heavy atom. The lowest BCUT2D eigenvalue weighted by Crippen LogP contribution is -2.31. The minimum atomic E-state index is -3.59. The third kappa shape index (κ3) is 5.39. The van der Waals surface area contributed by atoms with E-state index in [-0.39, 0.29) is 9.79 Å². The van der Waals surface area contributed by atoms with Gasteiger partial charge in [0.25, 0.3) is 0 Å². The summed E-state index contributed by atoms with van der Waals surface area (Å²) in [6, 6.07) is 14.0. The third-order valence-corrected chi connectivity index (χ3v) is 7.41. The summed E-state index contributed by atoms with van der Waals surface area (Å²) in [6.07, 6.45) is 3.03. The van der Waals surface area contributed by atoms with Gasteiger partial charge in [0.2, 0.25) is 0 Å². The molecule has 1 saturated heterocycles. The highest BCUT2D eigenvalue weighted by atomic mass is 32.2. The van der Waals surface area contributed by atoms with Crippen molar-refractivity contribution in [3.05, 3.63) is 53.6 Å². The van der Waals surface area contributed by atoms with Gasteiger partial charge in [0, 0.05) is 45.2 Å². The average Bonchev–Trinajstić information content (AvgIpc) is 2.92. The van der Waals surface area contributed by atoms with E-state index in [1.807, 2.05) is 17.0 Å². The maximum Gasteiger partial charge on any atom is 0.177 e. The second kappa shape index (κ2) is 8.76. The molecular weight excluding hydrogens is 422 g/mol. The monoisotopic (exact) mass is 447 g/mol. The minimum absolute atomic E-state index is 0.00365. The molecule has 0 aromatic heterocycles. The minimum Gasteiger partial charge on any atom is -0.369 e. The van der Waals surface area contributed by atoms with E-state index in [1.165, 1.54) is 12.1 Å². The van der Waals surface area contributed by atoms with Crippen LogP contribution in [0.25, 0.3) is 0 Å². The molecule has 0 aliphatic carbocycles. The fraction of sp³-hybridized carbons (Fsp3) is 0.381. The summed E-state index contributed by atoms with van der Waals surface area (Å²) in [7, 11) is -7.09. The summed E-state index contributed by atoms with van der Waals surface area (Å²) in [5.74, 6) is 0. The van der Waals surface area contributed by atoms with Gasteiger partial charge in [-0.05, 0) is 42.3 Å². The molecule has 9 heteroatoms. The van der Waals surface area contributed by atoms with Gasteiger partial charge in [-0.2, -0.15) is 5.26 Å². The molecule has 1 aliphatic rings. The van der Waals surface area contributed by atoms with Gasteiger partial charge in [-0.25, -0.2) is 16.8 Å². The number of anilines is 1. The highest BCUT2D eigenvalue weighted by Crippen LogP contribution is 2.29. The molecule has 0 unspecified atom stereocenters. The molecule has 3 rings (SSSR count). The van der Waals surface area contributed by atoms with E-state index in [2.05, 4.69) is 11.0 Å². The molecule has 1 aliphatic heterocycles. The summed E-state index contributed by atoms with van der Waals surface area (Å²) >= 11 is 0. The van der Waals surface area contributed by atoms with Crippen LogP contribution < -0.4 is 4.90 Å². The Morgan fingerprint density at radius 2 is 1.60 bits per heavy atom. The first kappa shape index (κ1) is 22.3. The molecule has 0 radical (unpaired) electrons. The van der Waals surface area contributed by atoms with Crippen LogP contribution in [0, 0.1) is 11.3 Å². The third-order valence-electron chi connectivity index (χ3n) is 5.18. The summed E-state index contributed by atoms with van der Waals surface area (Å²) in [5, 5.41) is 8.92. The lowest BCUT2D eigenvalue weighted by molar-refractivity contribution is 0.285. The zero-order chi connectivity index (χ0) is 21.9. The molecular formula is C21H25N3O4S2. The first-order valence-corrected chi connectivity index (χ1v) is 13.4. The van der Waals surface area contributed by atoms with Crippen LogP contribution in [0.4, 0.5) is 5.69 Å². The van der Waals surface area contributed by atoms with Crippen molar-refractivity contribution in [2.45, 2.75) is 22.8 Å². The molecule has 0 N–H and O–H groups in total. The standard InChI is InChI=1S/C21H25N3O4S2/c1-29(25,26)19-8-9-20(21(14-19)30(2,27)28)24-11-3-10-23(12-13-24)16-18-6-4-17(15-22)5-7-18/h4-9,14H,3,10-13,16H2,1-2H3. The van der Waals surface area contributed by atoms with Crippen molar-refractivity contribution in [3.8, 4) is 6.07 Å². The number of hydrogen-bond acceptors (Lipinski definition) is 7. The van der Waals surface area contributed by atoms with Crippen LogP contribution in [-0.2, 0) is 26.2 Å². The van der Waals surface area contributed by atoms with Crippen molar-refractivity contribution in [1.29, 1.82) is 5.26 Å². The van der Waals surface area contributed by atoms with Gasteiger partial charge in [0.1, 0.15) is 0 Å². The molecule has 0 spiro atoms. The predicted octanol–water partition coefficient (Wildman–Crippen LogP) is 2.08. The highest BCUT2D eigenvalue weighted by molar-refractivity contribution is 7.91. The number of rotatable bonds is 5. The highest BCUT2D eigenvalue weighted by Gasteiger charge is 2.23. The van der Waals surface area contributed by atoms with E-state index in [0.29, 0.717) is 24.3 Å². The fourth-order valence-electron chi connectivity index (χ4n) is 3.60. The molecule has 7 nitrogen and oxygen atoms in total. The Morgan fingerprint density at radius 1 is 0.900 bits per heavy atom. The Kier molecular flexibility index (Phi) is 6.50. The van der Waals surface area contributed by atoms with Crippen molar-refractivity contribution in [3.63, 3.8) is 0 Å². The maximum atomic E-state index is 12.4. The van der Waals surface area contributed by atoms with Crippen LogP contribution in [-0.4, -0.2) is 60.4 Å². The van der Waals surface area contributed by atoms with Gasteiger partial charge in [0.05, 0.1) is 27.1 Å². The molecule has 0 amide bonds. The van der Waals surface area contributed by atoms with Gasteiger partial charge in [0.15, 0.2) is 19.7 Å². The Bertz CT molecular complexity index is 1170. The molecule has 1 heterocycles. The lowest BCUT2D eigenvalue weighted by Gasteiger charge is -2.26. The summed E-state index contributed by atoms with van der Waals surface area (Å²) in [6.45, 7) is 3.69. The Balaban J connectivity index is 1.80. The molecule has 1 fully saturated rings. The van der Waals surface area contributed by atoms with E-state index in [9.17, 15) is 16.8 Å². The zero-order valence-electron chi connectivity index (χ0n) is 17.1. The topological polar surface area (TPSA) is 98.5 Å². The number of nitrogens with zero attached hydrogens (tertiary/aromatic N) is 3. The first-order valence-electron chi connectivity index (χ1n) is 9.58. The molecule has 0 bridgehead atoms. The van der Waals surface area contributed by atoms with Gasteiger partial charge < -0.3 is 4.90 Å². The first-order chi connectivity index (χ1) is 14.1. The van der Waals surface area contributed by atoms with Crippen LogP contribution in [0.5, 0.6) is 0 Å². The fourth-order valence-corrected chi connectivity index (χ4v) is 5.24. The average molecular weight is 448 g/mol. The van der Waals surface area contributed by atoms with Gasteiger partial charge in [-0.3, -0.25) is 4.90 Å². The largest absolute Gasteiger partial charge is 0.369 e. The Labute approximate surface area is 178 Å². The second-order valence-electron chi connectivity index (χ2n) is 7.60. The number of benzene rings is 2. The van der Waals surface area contributed by atoms with E-state index < -0.39 is 19.7 Å². The summed E-state index contributed by atoms with van der Waals surface area (Å²) < 4.78 is 48.5. The smallest absolute Gasteiger partial charge is 0.177 e. The van der Waals surface area contributed by atoms with Crippen molar-refractivity contribution >= 4 is 25.4 Å². The zero-order valence-corrected chi connectivity index (χ0v) is 18.7. The van der Waals surface area contributed by atoms with Crippen LogP contribution >= 0.6 is 0 Å². The van der Waals surface area contributed by atoms with Crippen molar-refractivity contribution < 1.29 is 16.8 Å². The van der Waals surface area contributed by atoms with Crippen LogP contribution in [0.2, 0.25) is 0 Å². The van der Waals surface area contributed by atoms with E-state index in [4.69, 9.17) is 5.26 Å². The van der Waals surface area contributed by atoms with Gasteiger partial charge >= 0.3 is 0 Å². The van der Waals surface area contributed by atoms with Crippen molar-refractivity contribution in [2.24, 2.45) is 0 Å². The molecule has 2 aromatic carbocycles. The molecule has 160 valence electrons. The number of hydrogen-bond donors (Lipinski definition) is 0. The van der Waals surface area contributed by atoms with Crippen LogP contribution in [0.1, 0.15) is 17.5 Å². The van der Waals surface area contributed by atoms with Crippen LogP contribution in [0.3, 0.4) is 0 Å². The quantitative estimate of drug-likeness (QED) is 0.692. The molecule has 2 aromatic rings. The van der Waals surface area contributed by atoms with Crippen molar-refractivity contribution in [2.75, 3.05) is 43.6 Å². The second-order valence-corrected chi connectivity index (χ2v) is 11.6. The molecule has 0 saturated carbocycles. The Hall–Kier alpha value is -2.41. The summed E-state index contributed by atoms with van der Waals surface area (Å²) in [5.41, 5.74) is 2.30. The van der Waals surface area contributed by atoms with Gasteiger partial charge in [-0.15, -0.1) is 0 Å².